The first-order valence-electron chi connectivity index (χ1n) is 12.4. The normalized spacial score (nSPS) is 11.3. The maximum Gasteiger partial charge on any atom is 0.164 e. The molecule has 0 spiro atoms. The summed E-state index contributed by atoms with van der Waals surface area (Å²) in [6, 6.07) is 40.8. The number of nitrogens with one attached hydrogen (secondary N) is 1. The topological polar surface area (TPSA) is 54.5 Å². The molecule has 0 unspecified atom stereocenters. The summed E-state index contributed by atoms with van der Waals surface area (Å²) in [5.41, 5.74) is 7.08. The van der Waals surface area contributed by atoms with Gasteiger partial charge in [0, 0.05) is 43.5 Å². The molecule has 0 atom stereocenters. The van der Waals surface area contributed by atoms with Crippen molar-refractivity contribution < 1.29 is 0 Å². The van der Waals surface area contributed by atoms with E-state index in [1.807, 2.05) is 66.7 Å². The number of nitrogens with zero attached hydrogens (tertiary/aromatic N) is 3. The number of halogens is 1. The maximum absolute atomic E-state index is 6.35. The van der Waals surface area contributed by atoms with Crippen LogP contribution in [0.3, 0.4) is 0 Å². The molecule has 0 amide bonds. The summed E-state index contributed by atoms with van der Waals surface area (Å²) in [7, 11) is 0. The molecule has 2 heterocycles. The van der Waals surface area contributed by atoms with Crippen molar-refractivity contribution in [2.45, 2.75) is 0 Å². The third-order valence-corrected chi connectivity index (χ3v) is 6.95. The van der Waals surface area contributed by atoms with Crippen LogP contribution >= 0.6 is 11.6 Å². The molecule has 1 N–H and O–H groups in total. The Morgan fingerprint density at radius 3 is 1.89 bits per heavy atom. The number of benzene rings is 5. The van der Waals surface area contributed by atoms with Crippen LogP contribution < -0.4 is 0 Å². The van der Waals surface area contributed by atoms with Gasteiger partial charge >= 0.3 is 0 Å². The van der Waals surface area contributed by atoms with E-state index in [1.54, 1.807) is 0 Å². The molecule has 2 aromatic heterocycles. The zero-order chi connectivity index (χ0) is 25.5. The van der Waals surface area contributed by atoms with Crippen LogP contribution in [0.25, 0.3) is 67.1 Å². The average molecular weight is 509 g/mol. The zero-order valence-electron chi connectivity index (χ0n) is 20.3. The van der Waals surface area contributed by atoms with E-state index in [1.165, 1.54) is 0 Å². The second-order valence-electron chi connectivity index (χ2n) is 9.16. The highest BCUT2D eigenvalue weighted by molar-refractivity contribution is 6.30. The van der Waals surface area contributed by atoms with Gasteiger partial charge in [-0.05, 0) is 41.5 Å². The summed E-state index contributed by atoms with van der Waals surface area (Å²) in [6.45, 7) is 0. The Morgan fingerprint density at radius 1 is 0.474 bits per heavy atom. The van der Waals surface area contributed by atoms with Gasteiger partial charge in [0.25, 0.3) is 0 Å². The van der Waals surface area contributed by atoms with E-state index in [0.29, 0.717) is 22.5 Å². The summed E-state index contributed by atoms with van der Waals surface area (Å²) in [6.07, 6.45) is 0. The van der Waals surface area contributed by atoms with Crippen molar-refractivity contribution in [2.24, 2.45) is 0 Å². The molecule has 7 rings (SSSR count). The quantitative estimate of drug-likeness (QED) is 0.258. The Kier molecular flexibility index (Phi) is 5.46. The monoisotopic (exact) mass is 508 g/mol. The van der Waals surface area contributed by atoms with E-state index in [0.717, 1.165) is 49.6 Å². The lowest BCUT2D eigenvalue weighted by atomic mass is 10.0. The van der Waals surface area contributed by atoms with Crippen LogP contribution in [0.5, 0.6) is 0 Å². The molecule has 0 aliphatic carbocycles. The van der Waals surface area contributed by atoms with Gasteiger partial charge in [-0.25, -0.2) is 15.0 Å². The summed E-state index contributed by atoms with van der Waals surface area (Å²) in [4.78, 5) is 18.4. The molecule has 0 saturated carbocycles. The number of aromatic amines is 1. The number of rotatable bonds is 4. The number of hydrogen-bond acceptors (Lipinski definition) is 3. The van der Waals surface area contributed by atoms with Crippen LogP contribution in [0.4, 0.5) is 0 Å². The fraction of sp³-hybridized carbons (Fsp3) is 0. The van der Waals surface area contributed by atoms with Crippen molar-refractivity contribution in [3.63, 3.8) is 0 Å². The third kappa shape index (κ3) is 4.01. The lowest BCUT2D eigenvalue weighted by Gasteiger charge is -2.10. The lowest BCUT2D eigenvalue weighted by Crippen LogP contribution is -2.00. The van der Waals surface area contributed by atoms with Gasteiger partial charge in [-0.3, -0.25) is 0 Å². The molecular weight excluding hydrogens is 488 g/mol. The first kappa shape index (κ1) is 22.4. The highest BCUT2D eigenvalue weighted by Gasteiger charge is 2.17. The molecule has 4 nitrogen and oxygen atoms in total. The summed E-state index contributed by atoms with van der Waals surface area (Å²) in [5, 5.41) is 2.86. The van der Waals surface area contributed by atoms with E-state index < -0.39 is 0 Å². The smallest absolute Gasteiger partial charge is 0.164 e. The highest BCUT2D eigenvalue weighted by Crippen LogP contribution is 2.35. The Balaban J connectivity index is 1.47. The van der Waals surface area contributed by atoms with Crippen molar-refractivity contribution >= 4 is 33.4 Å². The Labute approximate surface area is 224 Å². The largest absolute Gasteiger partial charge is 0.354 e. The molecule has 0 fully saturated rings. The van der Waals surface area contributed by atoms with Crippen LogP contribution in [-0.4, -0.2) is 19.9 Å². The van der Waals surface area contributed by atoms with Crippen LogP contribution in [0, 0.1) is 0 Å². The molecule has 5 heteroatoms. The van der Waals surface area contributed by atoms with Crippen LogP contribution in [0.15, 0.2) is 121 Å². The zero-order valence-corrected chi connectivity index (χ0v) is 21.0. The minimum Gasteiger partial charge on any atom is -0.354 e. The van der Waals surface area contributed by atoms with E-state index in [4.69, 9.17) is 26.6 Å². The van der Waals surface area contributed by atoms with Gasteiger partial charge in [0.05, 0.1) is 0 Å². The average Bonchev–Trinajstić information content (AvgIpc) is 3.36. The molecule has 0 aliphatic heterocycles. The molecule has 0 saturated heterocycles. The summed E-state index contributed by atoms with van der Waals surface area (Å²) < 4.78 is 0. The van der Waals surface area contributed by atoms with Crippen molar-refractivity contribution in [2.75, 3.05) is 0 Å². The molecule has 0 bridgehead atoms. The number of H-pyrrole nitrogens is 1. The van der Waals surface area contributed by atoms with Gasteiger partial charge in [-0.15, -0.1) is 0 Å². The Hall–Kier alpha value is -4.80. The van der Waals surface area contributed by atoms with E-state index in [2.05, 4.69) is 59.6 Å². The summed E-state index contributed by atoms with van der Waals surface area (Å²) >= 11 is 6.35. The Bertz CT molecular complexity index is 1940. The van der Waals surface area contributed by atoms with Crippen molar-refractivity contribution in [3.8, 4) is 45.3 Å². The maximum atomic E-state index is 6.35. The lowest BCUT2D eigenvalue weighted by molar-refractivity contribution is 1.08. The SMILES string of the molecule is Clc1cccc(-c2nc(-c3cccc(-c4ccccc4)c3)nc(-c3cccc4[nH]c5ccccc5c34)n2)c1. The third-order valence-electron chi connectivity index (χ3n) is 6.72. The number of aromatic nitrogens is 4. The molecule has 5 aromatic carbocycles. The number of hydrogen-bond donors (Lipinski definition) is 1. The van der Waals surface area contributed by atoms with Gasteiger partial charge in [0.2, 0.25) is 0 Å². The van der Waals surface area contributed by atoms with Crippen LogP contribution in [-0.2, 0) is 0 Å². The molecular formula is C33H21ClN4. The predicted molar refractivity (Wildman–Crippen MR) is 156 cm³/mol. The van der Waals surface area contributed by atoms with Crippen molar-refractivity contribution in [1.29, 1.82) is 0 Å². The minimum atomic E-state index is 0.578. The second kappa shape index (κ2) is 9.25. The van der Waals surface area contributed by atoms with Gasteiger partial charge in [0.15, 0.2) is 17.5 Å². The van der Waals surface area contributed by atoms with Crippen molar-refractivity contribution in [1.82, 2.24) is 19.9 Å². The van der Waals surface area contributed by atoms with Crippen LogP contribution in [0.2, 0.25) is 5.02 Å². The molecule has 7 aromatic rings. The number of fused-ring (bicyclic) bond motifs is 3. The second-order valence-corrected chi connectivity index (χ2v) is 9.60. The highest BCUT2D eigenvalue weighted by atomic mass is 35.5. The van der Waals surface area contributed by atoms with Gasteiger partial charge in [-0.1, -0.05) is 103 Å². The van der Waals surface area contributed by atoms with Crippen LogP contribution in [0.1, 0.15) is 0 Å². The van der Waals surface area contributed by atoms with Crippen molar-refractivity contribution in [3.05, 3.63) is 126 Å². The Morgan fingerprint density at radius 2 is 1.08 bits per heavy atom. The molecule has 0 aliphatic rings. The number of para-hydroxylation sites is 1. The van der Waals surface area contributed by atoms with Gasteiger partial charge < -0.3 is 4.98 Å². The summed E-state index contributed by atoms with van der Waals surface area (Å²) in [5.74, 6) is 1.81. The van der Waals surface area contributed by atoms with Gasteiger partial charge in [-0.2, -0.15) is 0 Å². The van der Waals surface area contributed by atoms with E-state index in [-0.39, 0.29) is 0 Å². The van der Waals surface area contributed by atoms with E-state index in [9.17, 15) is 0 Å². The van der Waals surface area contributed by atoms with Gasteiger partial charge in [0.1, 0.15) is 0 Å². The minimum absolute atomic E-state index is 0.578. The molecule has 180 valence electrons. The molecule has 0 radical (unpaired) electrons. The predicted octanol–water partition coefficient (Wildman–Crippen LogP) is 8.83. The standard InChI is InChI=1S/C33H21ClN4/c34-25-14-7-13-24(20-25)32-36-31(23-12-6-11-22(19-23)21-9-2-1-3-10-21)37-33(38-32)27-16-8-18-29-30(27)26-15-4-5-17-28(26)35-29/h1-20,35H. The fourth-order valence-electron chi connectivity index (χ4n) is 4.94. The first-order chi connectivity index (χ1) is 18.7. The van der Waals surface area contributed by atoms with E-state index >= 15 is 0 Å². The molecule has 38 heavy (non-hydrogen) atoms. The first-order valence-corrected chi connectivity index (χ1v) is 12.8. The fourth-order valence-corrected chi connectivity index (χ4v) is 5.13.